The molecule has 1 amide bonds. The van der Waals surface area contributed by atoms with Crippen LogP contribution >= 0.6 is 0 Å². The van der Waals surface area contributed by atoms with Crippen molar-refractivity contribution in [3.8, 4) is 11.8 Å². The van der Waals surface area contributed by atoms with E-state index in [9.17, 15) is 18.0 Å². The first kappa shape index (κ1) is 19.5. The van der Waals surface area contributed by atoms with Gasteiger partial charge in [0.15, 0.2) is 0 Å². The third-order valence-corrected chi connectivity index (χ3v) is 3.49. The quantitative estimate of drug-likeness (QED) is 0.823. The van der Waals surface area contributed by atoms with Crippen LogP contribution < -0.4 is 5.32 Å². The second kappa shape index (κ2) is 9.07. The molecule has 1 N–H and O–H groups in total. The van der Waals surface area contributed by atoms with Gasteiger partial charge in [-0.1, -0.05) is 48.2 Å². The standard InChI is InChI=1S/C20H18F3NO2/c1-15(26-14-17-7-3-2-4-8-17)19(25)24-12-6-10-16-9-5-11-18(13-16)20(21,22)23/h2-5,7-9,11,13,15H,12,14H2,1H3,(H,24,25)/t15-/m0/s1. The molecule has 26 heavy (non-hydrogen) atoms. The van der Waals surface area contributed by atoms with Gasteiger partial charge in [-0.2, -0.15) is 13.2 Å². The molecule has 0 aliphatic rings. The number of alkyl halides is 3. The number of halogens is 3. The molecule has 0 aliphatic carbocycles. The van der Waals surface area contributed by atoms with Crippen LogP contribution in [0, 0.1) is 11.8 Å². The Bertz CT molecular complexity index is 792. The molecule has 2 rings (SSSR count). The molecule has 1 atom stereocenters. The van der Waals surface area contributed by atoms with Gasteiger partial charge < -0.3 is 10.1 Å². The molecule has 0 bridgehead atoms. The van der Waals surface area contributed by atoms with E-state index in [0.29, 0.717) is 6.61 Å². The summed E-state index contributed by atoms with van der Waals surface area (Å²) in [6.07, 6.45) is -5.07. The highest BCUT2D eigenvalue weighted by molar-refractivity contribution is 5.80. The predicted molar refractivity (Wildman–Crippen MR) is 92.0 cm³/mol. The summed E-state index contributed by atoms with van der Waals surface area (Å²) in [5, 5.41) is 2.57. The van der Waals surface area contributed by atoms with Crippen LogP contribution in [0.5, 0.6) is 0 Å². The Morgan fingerprint density at radius 2 is 1.88 bits per heavy atom. The summed E-state index contributed by atoms with van der Waals surface area (Å²) in [5.41, 5.74) is 0.440. The summed E-state index contributed by atoms with van der Waals surface area (Å²) < 4.78 is 43.4. The largest absolute Gasteiger partial charge is 0.416 e. The third-order valence-electron chi connectivity index (χ3n) is 3.49. The van der Waals surface area contributed by atoms with Crippen molar-refractivity contribution in [1.82, 2.24) is 5.32 Å². The zero-order valence-electron chi connectivity index (χ0n) is 14.1. The first-order valence-corrected chi connectivity index (χ1v) is 7.95. The molecule has 136 valence electrons. The highest BCUT2D eigenvalue weighted by atomic mass is 19.4. The van der Waals surface area contributed by atoms with Gasteiger partial charge in [-0.3, -0.25) is 4.79 Å². The molecule has 0 aliphatic heterocycles. The van der Waals surface area contributed by atoms with Crippen LogP contribution in [-0.4, -0.2) is 18.6 Å². The van der Waals surface area contributed by atoms with Gasteiger partial charge in [0.05, 0.1) is 18.7 Å². The molecule has 3 nitrogen and oxygen atoms in total. The molecular weight excluding hydrogens is 343 g/mol. The molecule has 0 radical (unpaired) electrons. The Labute approximate surface area is 150 Å². The molecule has 0 spiro atoms. The monoisotopic (exact) mass is 361 g/mol. The van der Waals surface area contributed by atoms with E-state index in [-0.39, 0.29) is 18.0 Å². The van der Waals surface area contributed by atoms with Gasteiger partial charge in [-0.15, -0.1) is 0 Å². The maximum Gasteiger partial charge on any atom is 0.416 e. The number of rotatable bonds is 5. The van der Waals surface area contributed by atoms with E-state index in [1.54, 1.807) is 6.92 Å². The van der Waals surface area contributed by atoms with Crippen LogP contribution in [0.2, 0.25) is 0 Å². The summed E-state index contributed by atoms with van der Waals surface area (Å²) in [6.45, 7) is 1.96. The second-order valence-corrected chi connectivity index (χ2v) is 5.54. The van der Waals surface area contributed by atoms with Crippen molar-refractivity contribution in [2.24, 2.45) is 0 Å². The summed E-state index contributed by atoms with van der Waals surface area (Å²) >= 11 is 0. The number of carbonyl (C=O) groups is 1. The summed E-state index contributed by atoms with van der Waals surface area (Å²) in [4.78, 5) is 11.9. The van der Waals surface area contributed by atoms with Crippen molar-refractivity contribution >= 4 is 5.91 Å². The van der Waals surface area contributed by atoms with Crippen molar-refractivity contribution in [2.75, 3.05) is 6.54 Å². The lowest BCUT2D eigenvalue weighted by Gasteiger charge is -2.12. The van der Waals surface area contributed by atoms with Gasteiger partial charge in [0.1, 0.15) is 6.10 Å². The minimum atomic E-state index is -4.41. The molecule has 0 saturated carbocycles. The van der Waals surface area contributed by atoms with Crippen molar-refractivity contribution in [3.05, 3.63) is 71.3 Å². The lowest BCUT2D eigenvalue weighted by molar-refractivity contribution is -0.137. The zero-order valence-corrected chi connectivity index (χ0v) is 14.1. The van der Waals surface area contributed by atoms with E-state index in [1.165, 1.54) is 12.1 Å². The van der Waals surface area contributed by atoms with Crippen molar-refractivity contribution < 1.29 is 22.7 Å². The van der Waals surface area contributed by atoms with Crippen LogP contribution in [0.4, 0.5) is 13.2 Å². The van der Waals surface area contributed by atoms with Crippen LogP contribution in [0.15, 0.2) is 54.6 Å². The molecule has 0 aromatic heterocycles. The number of benzene rings is 2. The van der Waals surface area contributed by atoms with Gasteiger partial charge in [-0.25, -0.2) is 0 Å². The Morgan fingerprint density at radius 3 is 2.58 bits per heavy atom. The topological polar surface area (TPSA) is 38.3 Å². The fourth-order valence-corrected chi connectivity index (χ4v) is 2.07. The molecule has 2 aromatic rings. The third kappa shape index (κ3) is 6.26. The number of amides is 1. The van der Waals surface area contributed by atoms with Crippen molar-refractivity contribution in [1.29, 1.82) is 0 Å². The summed E-state index contributed by atoms with van der Waals surface area (Å²) in [7, 11) is 0. The normalized spacial score (nSPS) is 12.0. The summed E-state index contributed by atoms with van der Waals surface area (Å²) in [6, 6.07) is 14.2. The SMILES string of the molecule is C[C@H](OCc1ccccc1)C(=O)NCC#Cc1cccc(C(F)(F)F)c1. The average molecular weight is 361 g/mol. The van der Waals surface area contributed by atoms with E-state index in [0.717, 1.165) is 17.7 Å². The minimum absolute atomic E-state index is 0.0219. The highest BCUT2D eigenvalue weighted by Gasteiger charge is 2.30. The maximum atomic E-state index is 12.6. The minimum Gasteiger partial charge on any atom is -0.364 e. The molecule has 2 aromatic carbocycles. The van der Waals surface area contributed by atoms with Gasteiger partial charge in [0.25, 0.3) is 0 Å². The molecule has 6 heteroatoms. The first-order valence-electron chi connectivity index (χ1n) is 7.95. The Balaban J connectivity index is 1.80. The Hall–Kier alpha value is -2.78. The van der Waals surface area contributed by atoms with E-state index < -0.39 is 17.8 Å². The van der Waals surface area contributed by atoms with Crippen LogP contribution in [-0.2, 0) is 22.3 Å². The predicted octanol–water partition coefficient (Wildman–Crippen LogP) is 3.78. The number of carbonyl (C=O) groups excluding carboxylic acids is 1. The zero-order chi connectivity index (χ0) is 19.0. The summed E-state index contributed by atoms with van der Waals surface area (Å²) in [5.74, 6) is 4.90. The molecule has 0 unspecified atom stereocenters. The van der Waals surface area contributed by atoms with Gasteiger partial charge in [-0.05, 0) is 30.7 Å². The van der Waals surface area contributed by atoms with E-state index in [1.807, 2.05) is 30.3 Å². The lowest BCUT2D eigenvalue weighted by atomic mass is 10.1. The number of nitrogens with one attached hydrogen (secondary N) is 1. The molecule has 0 fully saturated rings. The number of ether oxygens (including phenoxy) is 1. The van der Waals surface area contributed by atoms with Crippen LogP contribution in [0.1, 0.15) is 23.6 Å². The maximum absolute atomic E-state index is 12.6. The Morgan fingerprint density at radius 1 is 1.15 bits per heavy atom. The second-order valence-electron chi connectivity index (χ2n) is 5.54. The van der Waals surface area contributed by atoms with Gasteiger partial charge >= 0.3 is 6.18 Å². The Kier molecular flexibility index (Phi) is 6.81. The first-order chi connectivity index (χ1) is 12.4. The van der Waals surface area contributed by atoms with E-state index in [2.05, 4.69) is 17.2 Å². The highest BCUT2D eigenvalue weighted by Crippen LogP contribution is 2.29. The molecule has 0 heterocycles. The van der Waals surface area contributed by atoms with Crippen LogP contribution in [0.25, 0.3) is 0 Å². The van der Waals surface area contributed by atoms with E-state index >= 15 is 0 Å². The lowest BCUT2D eigenvalue weighted by Crippen LogP contribution is -2.34. The van der Waals surface area contributed by atoms with Crippen molar-refractivity contribution in [3.63, 3.8) is 0 Å². The van der Waals surface area contributed by atoms with Gasteiger partial charge in [0, 0.05) is 5.56 Å². The van der Waals surface area contributed by atoms with Crippen LogP contribution in [0.3, 0.4) is 0 Å². The average Bonchev–Trinajstić information content (AvgIpc) is 2.63. The molecular formula is C20H18F3NO2. The van der Waals surface area contributed by atoms with Crippen molar-refractivity contribution in [2.45, 2.75) is 25.8 Å². The van der Waals surface area contributed by atoms with E-state index in [4.69, 9.17) is 4.74 Å². The van der Waals surface area contributed by atoms with Gasteiger partial charge in [0.2, 0.25) is 5.91 Å². The number of hydrogen-bond donors (Lipinski definition) is 1. The fourth-order valence-electron chi connectivity index (χ4n) is 2.07. The molecule has 0 saturated heterocycles. The number of hydrogen-bond acceptors (Lipinski definition) is 2. The smallest absolute Gasteiger partial charge is 0.364 e. The fraction of sp³-hybridized carbons (Fsp3) is 0.250.